The third kappa shape index (κ3) is 3.19. The van der Waals surface area contributed by atoms with Crippen molar-refractivity contribution in [3.05, 3.63) is 63.2 Å². The van der Waals surface area contributed by atoms with E-state index in [4.69, 9.17) is 4.42 Å². The third-order valence-electron chi connectivity index (χ3n) is 4.78. The Kier molecular flexibility index (Phi) is 4.85. The summed E-state index contributed by atoms with van der Waals surface area (Å²) in [7, 11) is 0. The largest absolute Gasteiger partial charge is 0.507 e. The van der Waals surface area contributed by atoms with Gasteiger partial charge in [0.1, 0.15) is 11.5 Å². The quantitative estimate of drug-likeness (QED) is 0.917. The molecule has 0 bridgehead atoms. The Morgan fingerprint density at radius 2 is 2.04 bits per heavy atom. The molecule has 1 aliphatic rings. The first-order valence-electron chi connectivity index (χ1n) is 8.56. The van der Waals surface area contributed by atoms with Crippen molar-refractivity contribution in [3.8, 4) is 5.75 Å². The second-order valence-corrected chi connectivity index (χ2v) is 6.27. The maximum absolute atomic E-state index is 12.5. The van der Waals surface area contributed by atoms with Crippen LogP contribution in [0.1, 0.15) is 67.4 Å². The fraction of sp³-hybridized carbons (Fsp3) is 0.450. The summed E-state index contributed by atoms with van der Waals surface area (Å²) in [5.74, 6) is 0.693. The summed E-state index contributed by atoms with van der Waals surface area (Å²) in [6.45, 7) is 2.02. The standard InChI is InChI=1S/C20H23O3/c1-2-15(14-10-6-5-7-11-14)18-19(21)16-12-8-3-4-9-13-17(16)23-20(18)22/h5-6,10-11,15,21H,2-4,8-9,12-13H2,1H3. The molecule has 0 amide bonds. The molecular weight excluding hydrogens is 288 g/mol. The van der Waals surface area contributed by atoms with Crippen LogP contribution >= 0.6 is 0 Å². The molecule has 1 aliphatic carbocycles. The summed E-state index contributed by atoms with van der Waals surface area (Å²) in [6.07, 6.45) is 6.63. The molecule has 2 aromatic rings. The molecule has 0 aliphatic heterocycles. The van der Waals surface area contributed by atoms with E-state index in [0.717, 1.165) is 56.1 Å². The van der Waals surface area contributed by atoms with Crippen molar-refractivity contribution in [2.24, 2.45) is 0 Å². The van der Waals surface area contributed by atoms with E-state index in [1.165, 1.54) is 0 Å². The Labute approximate surface area is 137 Å². The number of benzene rings is 1. The molecule has 1 heterocycles. The SMILES string of the molecule is CCC(c1c[c]ccc1)c1c(O)c2c(oc1=O)CCCCCC2. The molecule has 1 radical (unpaired) electrons. The van der Waals surface area contributed by atoms with Gasteiger partial charge in [0.05, 0.1) is 5.56 Å². The zero-order valence-corrected chi connectivity index (χ0v) is 13.6. The third-order valence-corrected chi connectivity index (χ3v) is 4.78. The maximum atomic E-state index is 12.5. The fourth-order valence-electron chi connectivity index (χ4n) is 3.56. The lowest BCUT2D eigenvalue weighted by Crippen LogP contribution is -2.17. The van der Waals surface area contributed by atoms with Crippen LogP contribution < -0.4 is 5.63 Å². The van der Waals surface area contributed by atoms with Gasteiger partial charge in [-0.05, 0) is 37.3 Å². The van der Waals surface area contributed by atoms with Crippen molar-refractivity contribution < 1.29 is 9.52 Å². The van der Waals surface area contributed by atoms with E-state index in [2.05, 4.69) is 6.07 Å². The number of fused-ring (bicyclic) bond motifs is 1. The van der Waals surface area contributed by atoms with Crippen LogP contribution in [0.2, 0.25) is 0 Å². The normalized spacial score (nSPS) is 16.2. The van der Waals surface area contributed by atoms with Gasteiger partial charge in [-0.1, -0.05) is 44.0 Å². The van der Waals surface area contributed by atoms with Crippen molar-refractivity contribution >= 4 is 0 Å². The average Bonchev–Trinajstić information content (AvgIpc) is 2.54. The molecule has 0 spiro atoms. The molecule has 1 atom stereocenters. The van der Waals surface area contributed by atoms with Crippen LogP contribution in [0.4, 0.5) is 0 Å². The van der Waals surface area contributed by atoms with E-state index in [0.29, 0.717) is 11.3 Å². The summed E-state index contributed by atoms with van der Waals surface area (Å²) >= 11 is 0. The van der Waals surface area contributed by atoms with E-state index >= 15 is 0 Å². The summed E-state index contributed by atoms with van der Waals surface area (Å²) < 4.78 is 5.63. The van der Waals surface area contributed by atoms with Crippen LogP contribution in [0.25, 0.3) is 0 Å². The molecule has 3 rings (SSSR count). The highest BCUT2D eigenvalue weighted by atomic mass is 16.4. The molecule has 1 N–H and O–H groups in total. The minimum atomic E-state index is -0.391. The van der Waals surface area contributed by atoms with Gasteiger partial charge >= 0.3 is 5.63 Å². The topological polar surface area (TPSA) is 50.4 Å². The van der Waals surface area contributed by atoms with Crippen LogP contribution in [0.15, 0.2) is 33.5 Å². The van der Waals surface area contributed by atoms with Gasteiger partial charge < -0.3 is 9.52 Å². The second-order valence-electron chi connectivity index (χ2n) is 6.27. The highest BCUT2D eigenvalue weighted by molar-refractivity contribution is 5.45. The minimum Gasteiger partial charge on any atom is -0.507 e. The van der Waals surface area contributed by atoms with E-state index in [-0.39, 0.29) is 11.7 Å². The van der Waals surface area contributed by atoms with Crippen molar-refractivity contribution in [2.75, 3.05) is 0 Å². The van der Waals surface area contributed by atoms with Crippen LogP contribution in [0.5, 0.6) is 5.75 Å². The Hall–Kier alpha value is -2.03. The first kappa shape index (κ1) is 15.9. The highest BCUT2D eigenvalue weighted by Gasteiger charge is 2.26. The van der Waals surface area contributed by atoms with Gasteiger partial charge in [-0.25, -0.2) is 4.79 Å². The summed E-state index contributed by atoms with van der Waals surface area (Å²) in [4.78, 5) is 12.5. The zero-order chi connectivity index (χ0) is 16.2. The molecule has 1 aromatic heterocycles. The van der Waals surface area contributed by atoms with Crippen LogP contribution in [-0.4, -0.2) is 5.11 Å². The maximum Gasteiger partial charge on any atom is 0.343 e. The number of aromatic hydroxyl groups is 1. The molecule has 0 fully saturated rings. The molecular formula is C20H23O3. The lowest BCUT2D eigenvalue weighted by molar-refractivity contribution is 0.384. The smallest absolute Gasteiger partial charge is 0.343 e. The number of hydrogen-bond acceptors (Lipinski definition) is 3. The van der Waals surface area contributed by atoms with Gasteiger partial charge in [-0.2, -0.15) is 0 Å². The van der Waals surface area contributed by atoms with E-state index in [1.54, 1.807) is 0 Å². The van der Waals surface area contributed by atoms with Gasteiger partial charge in [-0.15, -0.1) is 0 Å². The molecule has 1 aromatic carbocycles. The van der Waals surface area contributed by atoms with E-state index < -0.39 is 5.63 Å². The Morgan fingerprint density at radius 1 is 1.26 bits per heavy atom. The highest BCUT2D eigenvalue weighted by Crippen LogP contribution is 2.36. The number of rotatable bonds is 3. The van der Waals surface area contributed by atoms with Gasteiger partial charge in [0.15, 0.2) is 0 Å². The van der Waals surface area contributed by atoms with Crippen molar-refractivity contribution in [1.82, 2.24) is 0 Å². The van der Waals surface area contributed by atoms with Gasteiger partial charge in [0.25, 0.3) is 0 Å². The first-order valence-corrected chi connectivity index (χ1v) is 8.56. The Bertz CT molecular complexity index is 716. The van der Waals surface area contributed by atoms with Crippen LogP contribution in [-0.2, 0) is 12.8 Å². The van der Waals surface area contributed by atoms with Crippen LogP contribution in [0, 0.1) is 6.07 Å². The fourth-order valence-corrected chi connectivity index (χ4v) is 3.56. The predicted octanol–water partition coefficient (Wildman–Crippen LogP) is 4.35. The Balaban J connectivity index is 2.11. The van der Waals surface area contributed by atoms with Gasteiger partial charge in [-0.3, -0.25) is 0 Å². The minimum absolute atomic E-state index is 0.153. The van der Waals surface area contributed by atoms with Crippen molar-refractivity contribution in [3.63, 3.8) is 0 Å². The van der Waals surface area contributed by atoms with Crippen molar-refractivity contribution in [2.45, 2.75) is 57.8 Å². The molecule has 1 unspecified atom stereocenters. The summed E-state index contributed by atoms with van der Waals surface area (Å²) in [6, 6.07) is 10.6. The Morgan fingerprint density at radius 3 is 2.74 bits per heavy atom. The zero-order valence-electron chi connectivity index (χ0n) is 13.6. The molecule has 0 saturated carbocycles. The second kappa shape index (κ2) is 7.03. The molecule has 0 saturated heterocycles. The lowest BCUT2D eigenvalue weighted by atomic mass is 9.87. The molecule has 23 heavy (non-hydrogen) atoms. The van der Waals surface area contributed by atoms with E-state index in [1.807, 2.05) is 31.2 Å². The predicted molar refractivity (Wildman–Crippen MR) is 89.9 cm³/mol. The molecule has 3 heteroatoms. The summed E-state index contributed by atoms with van der Waals surface area (Å²) in [5.41, 5.74) is 1.85. The first-order chi connectivity index (χ1) is 11.2. The molecule has 3 nitrogen and oxygen atoms in total. The number of aryl methyl sites for hydroxylation is 1. The number of hydrogen-bond donors (Lipinski definition) is 1. The monoisotopic (exact) mass is 311 g/mol. The van der Waals surface area contributed by atoms with Crippen LogP contribution in [0.3, 0.4) is 0 Å². The van der Waals surface area contributed by atoms with Crippen molar-refractivity contribution in [1.29, 1.82) is 0 Å². The average molecular weight is 311 g/mol. The molecule has 121 valence electrons. The summed E-state index contributed by atoms with van der Waals surface area (Å²) in [5, 5.41) is 10.8. The van der Waals surface area contributed by atoms with E-state index in [9.17, 15) is 9.90 Å². The lowest BCUT2D eigenvalue weighted by Gasteiger charge is -2.20. The van der Waals surface area contributed by atoms with Gasteiger partial charge in [0, 0.05) is 17.9 Å². The van der Waals surface area contributed by atoms with Gasteiger partial charge in [0.2, 0.25) is 0 Å².